The first-order valence-corrected chi connectivity index (χ1v) is 10.1. The fraction of sp³-hybridized carbons (Fsp3) is 0.227. The highest BCUT2D eigenvalue weighted by Crippen LogP contribution is 2.39. The summed E-state index contributed by atoms with van der Waals surface area (Å²) >= 11 is 1.79. The third-order valence-electron chi connectivity index (χ3n) is 5.27. The molecule has 0 saturated carbocycles. The van der Waals surface area contributed by atoms with Crippen molar-refractivity contribution in [3.05, 3.63) is 75.1 Å². The number of rotatable bonds is 5. The zero-order chi connectivity index (χ0) is 18.4. The number of carbonyl (C=O) groups is 2. The van der Waals surface area contributed by atoms with Crippen LogP contribution in [-0.2, 0) is 12.8 Å². The lowest BCUT2D eigenvalue weighted by molar-refractivity contribution is 0.0652. The maximum atomic E-state index is 12.4. The predicted octanol–water partition coefficient (Wildman–Crippen LogP) is 4.33. The van der Waals surface area contributed by atoms with Crippen LogP contribution in [0.5, 0.6) is 0 Å². The second-order valence-electron chi connectivity index (χ2n) is 6.98. The Labute approximate surface area is 161 Å². The number of amides is 2. The summed E-state index contributed by atoms with van der Waals surface area (Å²) in [6, 6.07) is 15.5. The Hall–Kier alpha value is -2.79. The summed E-state index contributed by atoms with van der Waals surface area (Å²) < 4.78 is 0. The molecule has 2 amide bonds. The first-order chi connectivity index (χ1) is 13.2. The van der Waals surface area contributed by atoms with E-state index in [-0.39, 0.29) is 11.8 Å². The van der Waals surface area contributed by atoms with E-state index in [2.05, 4.69) is 24.3 Å². The molecule has 1 aromatic heterocycles. The monoisotopic (exact) mass is 374 g/mol. The lowest BCUT2D eigenvalue weighted by atomic mass is 10.1. The molecule has 1 aliphatic heterocycles. The molecule has 2 aliphatic rings. The van der Waals surface area contributed by atoms with Crippen LogP contribution in [-0.4, -0.2) is 28.2 Å². The van der Waals surface area contributed by atoms with Crippen LogP contribution in [0.15, 0.2) is 48.5 Å². The molecule has 2 aromatic carbocycles. The van der Waals surface area contributed by atoms with E-state index in [9.17, 15) is 9.59 Å². The van der Waals surface area contributed by atoms with Crippen molar-refractivity contribution >= 4 is 23.2 Å². The van der Waals surface area contributed by atoms with Gasteiger partial charge in [-0.05, 0) is 37.0 Å². The zero-order valence-electron chi connectivity index (χ0n) is 14.8. The zero-order valence-corrected chi connectivity index (χ0v) is 15.6. The van der Waals surface area contributed by atoms with Gasteiger partial charge in [-0.25, -0.2) is 4.98 Å². The van der Waals surface area contributed by atoms with E-state index in [4.69, 9.17) is 4.98 Å². The molecule has 0 radical (unpaired) electrons. The Morgan fingerprint density at radius 3 is 2.30 bits per heavy atom. The molecule has 134 valence electrons. The van der Waals surface area contributed by atoms with Gasteiger partial charge in [-0.15, -0.1) is 11.3 Å². The number of hydrogen-bond donors (Lipinski definition) is 0. The van der Waals surface area contributed by atoms with Crippen molar-refractivity contribution in [1.29, 1.82) is 0 Å². The van der Waals surface area contributed by atoms with Crippen LogP contribution >= 0.6 is 11.3 Å². The number of carbonyl (C=O) groups excluding carboxylic acids is 2. The van der Waals surface area contributed by atoms with Gasteiger partial charge < -0.3 is 0 Å². The Morgan fingerprint density at radius 2 is 1.56 bits per heavy atom. The standard InChI is InChI=1S/C22H18N2O2S/c25-21-16-9-3-4-10-17(16)22(26)24(21)12-6-5-11-19-23-20-15-8-2-1-7-14(15)13-18(20)27-19/h1-4,7-10H,5-6,11-13H2. The molecule has 0 atom stereocenters. The maximum absolute atomic E-state index is 12.4. The predicted molar refractivity (Wildman–Crippen MR) is 105 cm³/mol. The minimum atomic E-state index is -0.166. The van der Waals surface area contributed by atoms with Crippen molar-refractivity contribution in [2.24, 2.45) is 0 Å². The van der Waals surface area contributed by atoms with Crippen molar-refractivity contribution in [3.8, 4) is 11.3 Å². The van der Waals surface area contributed by atoms with Crippen LogP contribution in [0.25, 0.3) is 11.3 Å². The Bertz CT molecular complexity index is 1030. The van der Waals surface area contributed by atoms with Gasteiger partial charge >= 0.3 is 0 Å². The molecular weight excluding hydrogens is 356 g/mol. The molecule has 1 aliphatic carbocycles. The lowest BCUT2D eigenvalue weighted by Crippen LogP contribution is -2.30. The average Bonchev–Trinajstić information content (AvgIpc) is 3.31. The van der Waals surface area contributed by atoms with Gasteiger partial charge in [0.15, 0.2) is 0 Å². The molecule has 5 rings (SSSR count). The molecule has 27 heavy (non-hydrogen) atoms. The SMILES string of the molecule is O=C1c2ccccc2C(=O)N1CCCCc1nc2c(s1)Cc1ccccc1-2. The van der Waals surface area contributed by atoms with Crippen LogP contribution in [0.3, 0.4) is 0 Å². The first-order valence-electron chi connectivity index (χ1n) is 9.24. The summed E-state index contributed by atoms with van der Waals surface area (Å²) in [5.74, 6) is -0.333. The Kier molecular flexibility index (Phi) is 3.90. The molecule has 2 heterocycles. The number of unbranched alkanes of at least 4 members (excludes halogenated alkanes) is 1. The third-order valence-corrected chi connectivity index (χ3v) is 6.38. The molecule has 0 N–H and O–H groups in total. The smallest absolute Gasteiger partial charge is 0.261 e. The summed E-state index contributed by atoms with van der Waals surface area (Å²) in [5.41, 5.74) is 4.82. The number of thiazole rings is 1. The van der Waals surface area contributed by atoms with Crippen molar-refractivity contribution in [2.45, 2.75) is 25.7 Å². The maximum Gasteiger partial charge on any atom is 0.261 e. The molecule has 0 bridgehead atoms. The Morgan fingerprint density at radius 1 is 0.889 bits per heavy atom. The summed E-state index contributed by atoms with van der Waals surface area (Å²) in [4.78, 5) is 32.3. The minimum absolute atomic E-state index is 0.166. The van der Waals surface area contributed by atoms with Crippen molar-refractivity contribution in [1.82, 2.24) is 9.88 Å². The van der Waals surface area contributed by atoms with E-state index in [1.54, 1.807) is 35.6 Å². The molecule has 0 saturated heterocycles. The Balaban J connectivity index is 1.19. The molecule has 0 fully saturated rings. The number of nitrogens with zero attached hydrogens (tertiary/aromatic N) is 2. The fourth-order valence-electron chi connectivity index (χ4n) is 3.90. The van der Waals surface area contributed by atoms with E-state index in [0.29, 0.717) is 17.7 Å². The minimum Gasteiger partial charge on any atom is -0.274 e. The van der Waals surface area contributed by atoms with Gasteiger partial charge in [0, 0.05) is 23.4 Å². The van der Waals surface area contributed by atoms with Crippen LogP contribution < -0.4 is 0 Å². The van der Waals surface area contributed by atoms with Crippen molar-refractivity contribution in [3.63, 3.8) is 0 Å². The van der Waals surface area contributed by atoms with E-state index < -0.39 is 0 Å². The van der Waals surface area contributed by atoms with Crippen LogP contribution in [0.1, 0.15) is 49.0 Å². The number of aromatic nitrogens is 1. The van der Waals surface area contributed by atoms with Crippen LogP contribution in [0.4, 0.5) is 0 Å². The second-order valence-corrected chi connectivity index (χ2v) is 8.15. The first kappa shape index (κ1) is 16.4. The van der Waals surface area contributed by atoms with Gasteiger partial charge in [0.1, 0.15) is 0 Å². The molecule has 0 spiro atoms. The van der Waals surface area contributed by atoms with Crippen LogP contribution in [0, 0.1) is 0 Å². The quantitative estimate of drug-likeness (QED) is 0.386. The second kappa shape index (κ2) is 6.43. The summed E-state index contributed by atoms with van der Waals surface area (Å²) in [6.07, 6.45) is 3.59. The van der Waals surface area contributed by atoms with E-state index in [1.807, 2.05) is 0 Å². The number of imide groups is 1. The molecule has 3 aromatic rings. The van der Waals surface area contributed by atoms with Gasteiger partial charge in [0.05, 0.1) is 21.8 Å². The average molecular weight is 374 g/mol. The molecule has 4 nitrogen and oxygen atoms in total. The summed E-state index contributed by atoms with van der Waals surface area (Å²) in [6.45, 7) is 0.472. The number of aryl methyl sites for hydroxylation is 1. The molecule has 0 unspecified atom stereocenters. The highest BCUT2D eigenvalue weighted by molar-refractivity contribution is 7.12. The van der Waals surface area contributed by atoms with E-state index in [1.165, 1.54) is 20.9 Å². The fourth-order valence-corrected chi connectivity index (χ4v) is 5.05. The molecule has 5 heteroatoms. The van der Waals surface area contributed by atoms with Gasteiger partial charge in [0.2, 0.25) is 0 Å². The third kappa shape index (κ3) is 2.70. The number of hydrogen-bond acceptors (Lipinski definition) is 4. The van der Waals surface area contributed by atoms with E-state index in [0.717, 1.165) is 36.4 Å². The van der Waals surface area contributed by atoms with Gasteiger partial charge in [0.25, 0.3) is 11.8 Å². The van der Waals surface area contributed by atoms with Crippen LogP contribution in [0.2, 0.25) is 0 Å². The summed E-state index contributed by atoms with van der Waals surface area (Å²) in [5, 5.41) is 1.15. The van der Waals surface area contributed by atoms with Crippen molar-refractivity contribution in [2.75, 3.05) is 6.54 Å². The largest absolute Gasteiger partial charge is 0.274 e. The van der Waals surface area contributed by atoms with E-state index >= 15 is 0 Å². The highest BCUT2D eigenvalue weighted by Gasteiger charge is 2.34. The topological polar surface area (TPSA) is 50.3 Å². The van der Waals surface area contributed by atoms with Crippen molar-refractivity contribution < 1.29 is 9.59 Å². The van der Waals surface area contributed by atoms with Gasteiger partial charge in [-0.3, -0.25) is 14.5 Å². The number of fused-ring (bicyclic) bond motifs is 4. The number of benzene rings is 2. The van der Waals surface area contributed by atoms with Gasteiger partial charge in [-0.1, -0.05) is 36.4 Å². The summed E-state index contributed by atoms with van der Waals surface area (Å²) in [7, 11) is 0. The molecular formula is C22H18N2O2S. The highest BCUT2D eigenvalue weighted by atomic mass is 32.1. The lowest BCUT2D eigenvalue weighted by Gasteiger charge is -2.13. The normalized spacial score (nSPS) is 14.4. The van der Waals surface area contributed by atoms with Gasteiger partial charge in [-0.2, -0.15) is 0 Å².